The van der Waals surface area contributed by atoms with Gasteiger partial charge in [-0.05, 0) is 66.9 Å². The van der Waals surface area contributed by atoms with E-state index in [-0.39, 0.29) is 29.8 Å². The molecule has 0 heterocycles. The van der Waals surface area contributed by atoms with Gasteiger partial charge in [-0.15, -0.1) is 0 Å². The van der Waals surface area contributed by atoms with E-state index in [1.54, 1.807) is 25.7 Å². The number of alkyl carbamates (subject to hydrolysis) is 1. The number of nitrogens with zero attached hydrogens (tertiary/aromatic N) is 1. The van der Waals surface area contributed by atoms with Gasteiger partial charge in [-0.2, -0.15) is 0 Å². The lowest BCUT2D eigenvalue weighted by Crippen LogP contribution is -2.57. The smallest absolute Gasteiger partial charge is 0.408 e. The lowest BCUT2D eigenvalue weighted by molar-refractivity contribution is -0.145. The van der Waals surface area contributed by atoms with Gasteiger partial charge >= 0.3 is 6.09 Å². The van der Waals surface area contributed by atoms with Crippen LogP contribution in [0, 0.1) is 12.8 Å². The highest BCUT2D eigenvalue weighted by molar-refractivity contribution is 5.92. The van der Waals surface area contributed by atoms with Crippen LogP contribution in [0.4, 0.5) is 4.79 Å². The zero-order chi connectivity index (χ0) is 24.8. The van der Waals surface area contributed by atoms with Crippen molar-refractivity contribution in [2.24, 2.45) is 5.92 Å². The molecule has 7 nitrogen and oxygen atoms in total. The summed E-state index contributed by atoms with van der Waals surface area (Å²) in [5, 5.41) is 5.67. The van der Waals surface area contributed by atoms with Crippen LogP contribution in [0.5, 0.6) is 0 Å². The maximum Gasteiger partial charge on any atom is 0.408 e. The van der Waals surface area contributed by atoms with E-state index in [0.717, 1.165) is 11.1 Å². The van der Waals surface area contributed by atoms with Gasteiger partial charge in [0.2, 0.25) is 11.8 Å². The minimum atomic E-state index is -0.841. The van der Waals surface area contributed by atoms with Crippen molar-refractivity contribution < 1.29 is 19.1 Å². The molecule has 2 unspecified atom stereocenters. The normalized spacial score (nSPS) is 13.7. The van der Waals surface area contributed by atoms with Crippen LogP contribution in [-0.2, 0) is 14.3 Å². The van der Waals surface area contributed by atoms with E-state index in [0.29, 0.717) is 0 Å². The van der Waals surface area contributed by atoms with Crippen LogP contribution >= 0.6 is 0 Å². The number of hydrogen-bond acceptors (Lipinski definition) is 4. The average Bonchev–Trinajstić information content (AvgIpc) is 2.60. The van der Waals surface area contributed by atoms with E-state index >= 15 is 0 Å². The van der Waals surface area contributed by atoms with Gasteiger partial charge in [0.15, 0.2) is 0 Å². The Morgan fingerprint density at radius 2 is 1.56 bits per heavy atom. The van der Waals surface area contributed by atoms with Crippen molar-refractivity contribution in [3.63, 3.8) is 0 Å². The topological polar surface area (TPSA) is 87.7 Å². The number of nitrogens with one attached hydrogen (secondary N) is 2. The molecule has 2 N–H and O–H groups in total. The molecule has 3 amide bonds. The zero-order valence-electron chi connectivity index (χ0n) is 21.3. The molecule has 0 fully saturated rings. The number of rotatable bonds is 8. The third kappa shape index (κ3) is 8.17. The second-order valence-electron chi connectivity index (χ2n) is 10.2. The number of aryl methyl sites for hydroxylation is 1. The van der Waals surface area contributed by atoms with E-state index in [9.17, 15) is 14.4 Å². The summed E-state index contributed by atoms with van der Waals surface area (Å²) >= 11 is 0. The molecule has 0 aliphatic carbocycles. The summed E-state index contributed by atoms with van der Waals surface area (Å²) in [7, 11) is 0. The summed E-state index contributed by atoms with van der Waals surface area (Å²) in [6.07, 6.45) is -0.660. The van der Waals surface area contributed by atoms with Crippen LogP contribution in [-0.4, -0.2) is 46.5 Å². The van der Waals surface area contributed by atoms with E-state index in [4.69, 9.17) is 4.74 Å². The Morgan fingerprint density at radius 3 is 2.00 bits per heavy atom. The summed E-state index contributed by atoms with van der Waals surface area (Å²) in [5.74, 6) is -0.790. The highest BCUT2D eigenvalue weighted by Crippen LogP contribution is 2.27. The number of ether oxygens (including phenoxy) is 1. The first kappa shape index (κ1) is 27.5. The molecule has 1 aromatic rings. The molecule has 0 saturated carbocycles. The van der Waals surface area contributed by atoms with E-state index in [2.05, 4.69) is 10.6 Å². The Morgan fingerprint density at radius 1 is 0.969 bits per heavy atom. The molecule has 0 spiro atoms. The predicted octanol–water partition coefficient (Wildman–Crippen LogP) is 4.35. The Hall–Kier alpha value is -2.57. The second kappa shape index (κ2) is 11.3. The minimum absolute atomic E-state index is 0.0836. The minimum Gasteiger partial charge on any atom is -0.444 e. The summed E-state index contributed by atoms with van der Waals surface area (Å²) in [6.45, 7) is 18.5. The highest BCUT2D eigenvalue weighted by atomic mass is 16.6. The van der Waals surface area contributed by atoms with Crippen LogP contribution in [0.1, 0.15) is 79.5 Å². The van der Waals surface area contributed by atoms with Crippen molar-refractivity contribution in [3.8, 4) is 0 Å². The molecule has 0 radical (unpaired) electrons. The van der Waals surface area contributed by atoms with Crippen molar-refractivity contribution in [1.29, 1.82) is 0 Å². The van der Waals surface area contributed by atoms with Gasteiger partial charge in [-0.1, -0.05) is 43.7 Å². The van der Waals surface area contributed by atoms with Crippen molar-refractivity contribution in [1.82, 2.24) is 15.5 Å². The van der Waals surface area contributed by atoms with Gasteiger partial charge in [-0.3, -0.25) is 9.59 Å². The maximum absolute atomic E-state index is 13.8. The molecule has 0 bridgehead atoms. The summed E-state index contributed by atoms with van der Waals surface area (Å²) in [5.41, 5.74) is 1.03. The molecule has 0 aliphatic rings. The Balaban J connectivity index is 3.42. The number of hydrogen-bond donors (Lipinski definition) is 2. The van der Waals surface area contributed by atoms with Gasteiger partial charge in [0.25, 0.3) is 0 Å². The molecule has 180 valence electrons. The standard InChI is InChI=1S/C25H41N3O4/c1-15(2)20(27-24(31)32-25(8,9)10)23(30)28(17(5)6)21(22(29)26-16(3)4)19-13-11-12-18(7)14-19/h11-17,20-21H,1-10H3,(H,26,29)(H,27,31). The quantitative estimate of drug-likeness (QED) is 0.620. The molecular formula is C25H41N3O4. The summed E-state index contributed by atoms with van der Waals surface area (Å²) < 4.78 is 5.37. The van der Waals surface area contributed by atoms with Gasteiger partial charge in [0.05, 0.1) is 0 Å². The first-order chi connectivity index (χ1) is 14.6. The lowest BCUT2D eigenvalue weighted by atomic mass is 9.96. The Bertz CT molecular complexity index is 797. The van der Waals surface area contributed by atoms with E-state index < -0.39 is 23.8 Å². The third-order valence-corrected chi connectivity index (χ3v) is 4.73. The third-order valence-electron chi connectivity index (χ3n) is 4.73. The molecule has 2 atom stereocenters. The van der Waals surface area contributed by atoms with Crippen molar-refractivity contribution >= 4 is 17.9 Å². The molecule has 0 aromatic heterocycles. The predicted molar refractivity (Wildman–Crippen MR) is 127 cm³/mol. The van der Waals surface area contributed by atoms with Gasteiger partial charge in [0.1, 0.15) is 17.7 Å². The first-order valence-electron chi connectivity index (χ1n) is 11.3. The van der Waals surface area contributed by atoms with Crippen molar-refractivity contribution in [2.45, 2.75) is 99.0 Å². The number of amides is 3. The molecule has 32 heavy (non-hydrogen) atoms. The Kier molecular flexibility index (Phi) is 9.73. The molecule has 0 aliphatic heterocycles. The fourth-order valence-electron chi connectivity index (χ4n) is 3.43. The maximum atomic E-state index is 13.8. The van der Waals surface area contributed by atoms with E-state index in [1.165, 1.54) is 0 Å². The molecule has 0 saturated heterocycles. The number of carbonyl (C=O) groups is 3. The SMILES string of the molecule is Cc1cccc(C(C(=O)NC(C)C)N(C(=O)C(NC(=O)OC(C)(C)C)C(C)C)C(C)C)c1. The van der Waals surface area contributed by atoms with E-state index in [1.807, 2.05) is 72.7 Å². The van der Waals surface area contributed by atoms with Crippen LogP contribution in [0.15, 0.2) is 24.3 Å². The summed E-state index contributed by atoms with van der Waals surface area (Å²) in [4.78, 5) is 41.1. The largest absolute Gasteiger partial charge is 0.444 e. The number of benzene rings is 1. The number of carbonyl (C=O) groups excluding carboxylic acids is 3. The molecule has 1 aromatic carbocycles. The molecule has 7 heteroatoms. The molecule has 1 rings (SSSR count). The van der Waals surface area contributed by atoms with Crippen LogP contribution in [0.2, 0.25) is 0 Å². The van der Waals surface area contributed by atoms with Crippen molar-refractivity contribution in [3.05, 3.63) is 35.4 Å². The lowest BCUT2D eigenvalue weighted by Gasteiger charge is -2.38. The van der Waals surface area contributed by atoms with Crippen molar-refractivity contribution in [2.75, 3.05) is 0 Å². The zero-order valence-corrected chi connectivity index (χ0v) is 21.3. The van der Waals surface area contributed by atoms with Crippen LogP contribution < -0.4 is 10.6 Å². The fourth-order valence-corrected chi connectivity index (χ4v) is 3.43. The van der Waals surface area contributed by atoms with Gasteiger partial charge < -0.3 is 20.3 Å². The highest BCUT2D eigenvalue weighted by Gasteiger charge is 2.39. The average molecular weight is 448 g/mol. The Labute approximate surface area is 193 Å². The van der Waals surface area contributed by atoms with Gasteiger partial charge in [0, 0.05) is 12.1 Å². The summed E-state index contributed by atoms with van der Waals surface area (Å²) in [6, 6.07) is 5.56. The van der Waals surface area contributed by atoms with Crippen LogP contribution in [0.25, 0.3) is 0 Å². The fraction of sp³-hybridized carbons (Fsp3) is 0.640. The monoisotopic (exact) mass is 447 g/mol. The molecular weight excluding hydrogens is 406 g/mol. The van der Waals surface area contributed by atoms with Crippen LogP contribution in [0.3, 0.4) is 0 Å². The first-order valence-corrected chi connectivity index (χ1v) is 11.3. The van der Waals surface area contributed by atoms with Gasteiger partial charge in [-0.25, -0.2) is 4.79 Å². The second-order valence-corrected chi connectivity index (χ2v) is 10.2.